The third-order valence-corrected chi connectivity index (χ3v) is 2.92. The monoisotopic (exact) mass is 295 g/mol. The van der Waals surface area contributed by atoms with E-state index >= 15 is 0 Å². The molecule has 0 radical (unpaired) electrons. The van der Waals surface area contributed by atoms with Crippen molar-refractivity contribution < 1.29 is 14.7 Å². The maximum absolute atomic E-state index is 12.1. The summed E-state index contributed by atoms with van der Waals surface area (Å²) in [6, 6.07) is 1.51. The number of amides is 1. The van der Waals surface area contributed by atoms with Gasteiger partial charge in [-0.25, -0.2) is 9.48 Å². The summed E-state index contributed by atoms with van der Waals surface area (Å²) >= 11 is 0. The van der Waals surface area contributed by atoms with Crippen LogP contribution in [0.2, 0.25) is 0 Å². The molecule has 116 valence electrons. The van der Waals surface area contributed by atoms with Gasteiger partial charge >= 0.3 is 5.97 Å². The third kappa shape index (κ3) is 4.40. The molecule has 7 heteroatoms. The Morgan fingerprint density at radius 1 is 1.38 bits per heavy atom. The normalized spacial score (nSPS) is 12.8. The molecule has 2 N–H and O–H groups in total. The predicted octanol–water partition coefficient (Wildman–Crippen LogP) is 0.882. The van der Waals surface area contributed by atoms with Gasteiger partial charge in [-0.05, 0) is 17.9 Å². The van der Waals surface area contributed by atoms with E-state index in [-0.39, 0.29) is 11.3 Å². The third-order valence-electron chi connectivity index (χ3n) is 2.92. The van der Waals surface area contributed by atoms with Crippen molar-refractivity contribution in [2.75, 3.05) is 0 Å². The lowest BCUT2D eigenvalue weighted by molar-refractivity contribution is -0.142. The van der Waals surface area contributed by atoms with E-state index in [1.54, 1.807) is 20.8 Å². The van der Waals surface area contributed by atoms with Crippen molar-refractivity contribution in [3.05, 3.63) is 28.2 Å². The van der Waals surface area contributed by atoms with E-state index in [1.165, 1.54) is 16.8 Å². The highest BCUT2D eigenvalue weighted by Crippen LogP contribution is 2.19. The van der Waals surface area contributed by atoms with Crippen molar-refractivity contribution >= 4 is 11.9 Å². The van der Waals surface area contributed by atoms with Gasteiger partial charge in [0.05, 0.1) is 0 Å². The summed E-state index contributed by atoms with van der Waals surface area (Å²) < 4.78 is 1.20. The number of rotatable bonds is 5. The van der Waals surface area contributed by atoms with Crippen LogP contribution in [-0.2, 0) is 11.3 Å². The molecule has 0 aliphatic heterocycles. The lowest BCUT2D eigenvalue weighted by Gasteiger charge is -2.27. The Balaban J connectivity index is 3.01. The Morgan fingerprint density at radius 2 is 2.00 bits per heavy atom. The highest BCUT2D eigenvalue weighted by Gasteiger charge is 2.33. The average Bonchev–Trinajstić information content (AvgIpc) is 2.36. The fraction of sp³-hybridized carbons (Fsp3) is 0.571. The Morgan fingerprint density at radius 3 is 2.48 bits per heavy atom. The number of nitrogens with zero attached hydrogens (tertiary/aromatic N) is 2. The second kappa shape index (κ2) is 6.51. The number of carbonyl (C=O) groups is 2. The van der Waals surface area contributed by atoms with Crippen molar-refractivity contribution in [3.63, 3.8) is 0 Å². The summed E-state index contributed by atoms with van der Waals surface area (Å²) in [7, 11) is 0. The molecule has 0 bridgehead atoms. The fourth-order valence-corrected chi connectivity index (χ4v) is 1.80. The lowest BCUT2D eigenvalue weighted by atomic mass is 9.86. The molecule has 0 fully saturated rings. The van der Waals surface area contributed by atoms with E-state index in [0.29, 0.717) is 13.0 Å². The Kier molecular flexibility index (Phi) is 5.23. The summed E-state index contributed by atoms with van der Waals surface area (Å²) in [6.45, 7) is 7.45. The molecule has 1 rings (SSSR count). The number of hydrogen-bond acceptors (Lipinski definition) is 4. The highest BCUT2D eigenvalue weighted by molar-refractivity contribution is 5.94. The van der Waals surface area contributed by atoms with Crippen molar-refractivity contribution in [3.8, 4) is 0 Å². The van der Waals surface area contributed by atoms with Gasteiger partial charge in [0, 0.05) is 12.6 Å². The first-order chi connectivity index (χ1) is 9.66. The summed E-state index contributed by atoms with van der Waals surface area (Å²) in [6.07, 6.45) is 0.706. The zero-order valence-corrected chi connectivity index (χ0v) is 12.7. The zero-order valence-electron chi connectivity index (χ0n) is 12.7. The summed E-state index contributed by atoms with van der Waals surface area (Å²) in [5, 5.41) is 15.6. The number of aryl methyl sites for hydroxylation is 1. The Labute approximate surface area is 123 Å². The first-order valence-electron chi connectivity index (χ1n) is 6.78. The molecule has 1 aromatic heterocycles. The van der Waals surface area contributed by atoms with Crippen LogP contribution in [0.5, 0.6) is 0 Å². The summed E-state index contributed by atoms with van der Waals surface area (Å²) in [5.74, 6) is -1.72. The Bertz CT molecular complexity index is 587. The number of aliphatic carboxylic acids is 1. The standard InChI is InChI=1S/C14H21N3O4/c1-5-8-17-10(18)7-6-9(16-17)12(19)15-11(13(20)21)14(2,3)4/h6-7,11H,5,8H2,1-4H3,(H,15,19)(H,20,21). The van der Waals surface area contributed by atoms with Crippen LogP contribution >= 0.6 is 0 Å². The van der Waals surface area contributed by atoms with Crippen LogP contribution in [0.15, 0.2) is 16.9 Å². The molecule has 21 heavy (non-hydrogen) atoms. The maximum Gasteiger partial charge on any atom is 0.326 e. The highest BCUT2D eigenvalue weighted by atomic mass is 16.4. The van der Waals surface area contributed by atoms with Crippen LogP contribution in [0.4, 0.5) is 0 Å². The first-order valence-corrected chi connectivity index (χ1v) is 6.78. The molecule has 1 aromatic rings. The largest absolute Gasteiger partial charge is 0.480 e. The van der Waals surface area contributed by atoms with Gasteiger partial charge in [-0.1, -0.05) is 27.7 Å². The van der Waals surface area contributed by atoms with E-state index in [0.717, 1.165) is 0 Å². The molecule has 0 saturated heterocycles. The smallest absolute Gasteiger partial charge is 0.326 e. The van der Waals surface area contributed by atoms with Gasteiger partial charge in [0.15, 0.2) is 0 Å². The molecule has 1 heterocycles. The van der Waals surface area contributed by atoms with E-state index in [1.807, 2.05) is 6.92 Å². The molecular formula is C14H21N3O4. The van der Waals surface area contributed by atoms with Crippen LogP contribution in [-0.4, -0.2) is 32.8 Å². The van der Waals surface area contributed by atoms with Gasteiger partial charge in [0.25, 0.3) is 11.5 Å². The molecule has 1 atom stereocenters. The average molecular weight is 295 g/mol. The van der Waals surface area contributed by atoms with Crippen molar-refractivity contribution in [1.29, 1.82) is 0 Å². The number of carboxylic acid groups (broad SMARTS) is 1. The fourth-order valence-electron chi connectivity index (χ4n) is 1.80. The quantitative estimate of drug-likeness (QED) is 0.839. The number of hydrogen-bond donors (Lipinski definition) is 2. The van der Waals surface area contributed by atoms with E-state index in [2.05, 4.69) is 10.4 Å². The SMILES string of the molecule is CCCn1nc(C(=O)NC(C(=O)O)C(C)(C)C)ccc1=O. The van der Waals surface area contributed by atoms with Gasteiger partial charge in [0.2, 0.25) is 0 Å². The van der Waals surface area contributed by atoms with Gasteiger partial charge < -0.3 is 10.4 Å². The molecule has 1 amide bonds. The number of carboxylic acids is 1. The van der Waals surface area contributed by atoms with Crippen molar-refractivity contribution in [2.45, 2.75) is 46.7 Å². The number of aromatic nitrogens is 2. The van der Waals surface area contributed by atoms with Gasteiger partial charge in [-0.3, -0.25) is 9.59 Å². The zero-order chi connectivity index (χ0) is 16.2. The molecule has 0 aromatic carbocycles. The van der Waals surface area contributed by atoms with Gasteiger partial charge in [-0.2, -0.15) is 5.10 Å². The van der Waals surface area contributed by atoms with Crippen LogP contribution in [0, 0.1) is 5.41 Å². The molecule has 0 spiro atoms. The van der Waals surface area contributed by atoms with Crippen LogP contribution in [0.25, 0.3) is 0 Å². The topological polar surface area (TPSA) is 101 Å². The first kappa shape index (κ1) is 16.9. The van der Waals surface area contributed by atoms with E-state index < -0.39 is 23.3 Å². The number of nitrogens with one attached hydrogen (secondary N) is 1. The molecule has 0 aliphatic carbocycles. The van der Waals surface area contributed by atoms with Crippen molar-refractivity contribution in [1.82, 2.24) is 15.1 Å². The predicted molar refractivity (Wildman–Crippen MR) is 77.1 cm³/mol. The van der Waals surface area contributed by atoms with Crippen LogP contribution in [0.1, 0.15) is 44.6 Å². The van der Waals surface area contributed by atoms with Gasteiger partial charge in [0.1, 0.15) is 11.7 Å². The number of carbonyl (C=O) groups excluding carboxylic acids is 1. The van der Waals surface area contributed by atoms with Crippen LogP contribution in [0.3, 0.4) is 0 Å². The Hall–Kier alpha value is -2.18. The second-order valence-electron chi connectivity index (χ2n) is 5.89. The summed E-state index contributed by atoms with van der Waals surface area (Å²) in [5.41, 5.74) is -0.906. The minimum atomic E-state index is -1.11. The molecule has 7 nitrogen and oxygen atoms in total. The lowest BCUT2D eigenvalue weighted by Crippen LogP contribution is -2.49. The minimum Gasteiger partial charge on any atom is -0.480 e. The van der Waals surface area contributed by atoms with Crippen LogP contribution < -0.4 is 10.9 Å². The van der Waals surface area contributed by atoms with Crippen molar-refractivity contribution in [2.24, 2.45) is 5.41 Å². The molecule has 1 unspecified atom stereocenters. The van der Waals surface area contributed by atoms with Gasteiger partial charge in [-0.15, -0.1) is 0 Å². The van der Waals surface area contributed by atoms with E-state index in [4.69, 9.17) is 0 Å². The van der Waals surface area contributed by atoms with E-state index in [9.17, 15) is 19.5 Å². The molecule has 0 saturated carbocycles. The minimum absolute atomic E-state index is 0.0264. The summed E-state index contributed by atoms with van der Waals surface area (Å²) in [4.78, 5) is 34.9. The maximum atomic E-state index is 12.1. The second-order valence-corrected chi connectivity index (χ2v) is 5.89. The molecule has 0 aliphatic rings. The molecular weight excluding hydrogens is 274 g/mol.